The number of aryl methyl sites for hydroxylation is 1. The van der Waals surface area contributed by atoms with Crippen LogP contribution in [0.3, 0.4) is 0 Å². The summed E-state index contributed by atoms with van der Waals surface area (Å²) in [4.78, 5) is 16.5. The summed E-state index contributed by atoms with van der Waals surface area (Å²) in [6, 6.07) is 9.24. The molecule has 0 N–H and O–H groups in total. The molecule has 0 saturated heterocycles. The Hall–Kier alpha value is -2.01. The molecule has 2 heterocycles. The minimum absolute atomic E-state index is 0.134. The third-order valence-electron chi connectivity index (χ3n) is 3.01. The molecule has 94 valence electrons. The molecule has 19 heavy (non-hydrogen) atoms. The lowest BCUT2D eigenvalue weighted by Gasteiger charge is -2.06. The smallest absolute Gasteiger partial charge is 0.267 e. The van der Waals surface area contributed by atoms with E-state index in [1.54, 1.807) is 24.5 Å². The van der Waals surface area contributed by atoms with Gasteiger partial charge in [-0.3, -0.25) is 4.79 Å². The minimum atomic E-state index is -0.134. The quantitative estimate of drug-likeness (QED) is 0.649. The van der Waals surface area contributed by atoms with Gasteiger partial charge in [-0.1, -0.05) is 12.1 Å². The van der Waals surface area contributed by atoms with Crippen molar-refractivity contribution in [3.05, 3.63) is 63.2 Å². The number of hydrogen-bond acceptors (Lipinski definition) is 3. The van der Waals surface area contributed by atoms with E-state index in [9.17, 15) is 4.79 Å². The molecule has 0 aliphatic rings. The van der Waals surface area contributed by atoms with E-state index in [0.717, 1.165) is 15.6 Å². The first-order valence-corrected chi connectivity index (χ1v) is 6.56. The minimum Gasteiger partial charge on any atom is -0.267 e. The van der Waals surface area contributed by atoms with Crippen LogP contribution in [0, 0.1) is 6.92 Å². The number of rotatable bonds is 1. The summed E-state index contributed by atoms with van der Waals surface area (Å²) < 4.78 is 2.09. The second kappa shape index (κ2) is 4.59. The molecule has 2 aromatic heterocycles. The van der Waals surface area contributed by atoms with Crippen molar-refractivity contribution < 1.29 is 0 Å². The molecule has 4 nitrogen and oxygen atoms in total. The molecule has 5 heteroatoms. The van der Waals surface area contributed by atoms with Gasteiger partial charge in [-0.05, 0) is 46.6 Å². The predicted molar refractivity (Wildman–Crippen MR) is 77.6 cm³/mol. The van der Waals surface area contributed by atoms with E-state index < -0.39 is 0 Å². The maximum Gasteiger partial charge on any atom is 0.279 e. The Bertz CT molecular complexity index is 809. The van der Waals surface area contributed by atoms with Crippen molar-refractivity contribution in [1.82, 2.24) is 14.8 Å². The standard InChI is InChI=1S/C14H10BrN3O/c1-9-3-2-4-11-12(9)8-17-18(14(11)19)10-5-6-13(15)16-7-10/h2-8H,1H3. The lowest BCUT2D eigenvalue weighted by atomic mass is 10.1. The lowest BCUT2D eigenvalue weighted by Crippen LogP contribution is -2.21. The summed E-state index contributed by atoms with van der Waals surface area (Å²) in [7, 11) is 0. The zero-order valence-corrected chi connectivity index (χ0v) is 11.8. The average Bonchev–Trinajstić information content (AvgIpc) is 2.42. The molecule has 0 radical (unpaired) electrons. The van der Waals surface area contributed by atoms with E-state index >= 15 is 0 Å². The average molecular weight is 316 g/mol. The van der Waals surface area contributed by atoms with Gasteiger partial charge in [0.15, 0.2) is 0 Å². The Balaban J connectivity index is 2.29. The maximum atomic E-state index is 12.4. The van der Waals surface area contributed by atoms with E-state index in [4.69, 9.17) is 0 Å². The largest absolute Gasteiger partial charge is 0.279 e. The van der Waals surface area contributed by atoms with Crippen molar-refractivity contribution >= 4 is 26.7 Å². The van der Waals surface area contributed by atoms with Crippen LogP contribution in [0.15, 0.2) is 52.1 Å². The van der Waals surface area contributed by atoms with Crippen molar-refractivity contribution in [3.63, 3.8) is 0 Å². The SMILES string of the molecule is Cc1cccc2c(=O)n(-c3ccc(Br)nc3)ncc12. The molecule has 0 amide bonds. The molecular weight excluding hydrogens is 306 g/mol. The molecule has 0 fully saturated rings. The van der Waals surface area contributed by atoms with Crippen LogP contribution in [0.2, 0.25) is 0 Å². The maximum absolute atomic E-state index is 12.4. The van der Waals surface area contributed by atoms with Gasteiger partial charge < -0.3 is 0 Å². The number of halogens is 1. The zero-order chi connectivity index (χ0) is 13.4. The highest BCUT2D eigenvalue weighted by molar-refractivity contribution is 9.10. The van der Waals surface area contributed by atoms with Crippen molar-refractivity contribution in [2.45, 2.75) is 6.92 Å². The fourth-order valence-corrected chi connectivity index (χ4v) is 2.23. The fraction of sp³-hybridized carbons (Fsp3) is 0.0714. The first-order valence-electron chi connectivity index (χ1n) is 5.76. The van der Waals surface area contributed by atoms with E-state index in [0.29, 0.717) is 11.1 Å². The van der Waals surface area contributed by atoms with Gasteiger partial charge in [-0.25, -0.2) is 4.98 Å². The molecule has 3 aromatic rings. The summed E-state index contributed by atoms with van der Waals surface area (Å²) in [6.07, 6.45) is 3.33. The number of nitrogens with zero attached hydrogens (tertiary/aromatic N) is 3. The topological polar surface area (TPSA) is 47.8 Å². The Morgan fingerprint density at radius 1 is 1.11 bits per heavy atom. The molecule has 0 bridgehead atoms. The summed E-state index contributed by atoms with van der Waals surface area (Å²) in [5.74, 6) is 0. The van der Waals surface area contributed by atoms with Gasteiger partial charge in [-0.15, -0.1) is 0 Å². The molecule has 0 aliphatic heterocycles. The molecule has 3 rings (SSSR count). The van der Waals surface area contributed by atoms with E-state index in [1.165, 1.54) is 4.68 Å². The van der Waals surface area contributed by atoms with Crippen LogP contribution in [0.1, 0.15) is 5.56 Å². The molecule has 0 atom stereocenters. The highest BCUT2D eigenvalue weighted by Gasteiger charge is 2.07. The van der Waals surface area contributed by atoms with Crippen LogP contribution in [-0.2, 0) is 0 Å². The monoisotopic (exact) mass is 315 g/mol. The van der Waals surface area contributed by atoms with Crippen molar-refractivity contribution in [2.24, 2.45) is 0 Å². The molecule has 0 spiro atoms. The second-order valence-electron chi connectivity index (χ2n) is 4.24. The third kappa shape index (κ3) is 2.06. The van der Waals surface area contributed by atoms with Gasteiger partial charge in [0, 0.05) is 5.39 Å². The van der Waals surface area contributed by atoms with Gasteiger partial charge >= 0.3 is 0 Å². The summed E-state index contributed by atoms with van der Waals surface area (Å²) in [5, 5.41) is 5.76. The van der Waals surface area contributed by atoms with Crippen LogP contribution in [0.4, 0.5) is 0 Å². The van der Waals surface area contributed by atoms with Crippen LogP contribution in [0.5, 0.6) is 0 Å². The Kier molecular flexibility index (Phi) is 2.91. The molecule has 1 aromatic carbocycles. The normalized spacial score (nSPS) is 10.8. The van der Waals surface area contributed by atoms with Crippen LogP contribution in [0.25, 0.3) is 16.5 Å². The lowest BCUT2D eigenvalue weighted by molar-refractivity contribution is 0.815. The molecule has 0 saturated carbocycles. The highest BCUT2D eigenvalue weighted by Crippen LogP contribution is 2.14. The third-order valence-corrected chi connectivity index (χ3v) is 3.47. The van der Waals surface area contributed by atoms with Crippen molar-refractivity contribution in [3.8, 4) is 5.69 Å². The van der Waals surface area contributed by atoms with Crippen LogP contribution in [-0.4, -0.2) is 14.8 Å². The van der Waals surface area contributed by atoms with Crippen molar-refractivity contribution in [1.29, 1.82) is 0 Å². The Morgan fingerprint density at radius 3 is 2.68 bits per heavy atom. The number of benzene rings is 1. The zero-order valence-electron chi connectivity index (χ0n) is 10.2. The number of pyridine rings is 1. The second-order valence-corrected chi connectivity index (χ2v) is 5.05. The first kappa shape index (κ1) is 12.0. The van der Waals surface area contributed by atoms with Crippen LogP contribution >= 0.6 is 15.9 Å². The van der Waals surface area contributed by atoms with Crippen LogP contribution < -0.4 is 5.56 Å². The van der Waals surface area contributed by atoms with Gasteiger partial charge in [0.25, 0.3) is 5.56 Å². The molecular formula is C14H10BrN3O. The molecule has 0 aliphatic carbocycles. The first-order chi connectivity index (χ1) is 9.16. The number of fused-ring (bicyclic) bond motifs is 1. The highest BCUT2D eigenvalue weighted by atomic mass is 79.9. The Morgan fingerprint density at radius 2 is 1.95 bits per heavy atom. The summed E-state index contributed by atoms with van der Waals surface area (Å²) >= 11 is 3.27. The number of hydrogen-bond donors (Lipinski definition) is 0. The number of aromatic nitrogens is 3. The molecule has 0 unspecified atom stereocenters. The fourth-order valence-electron chi connectivity index (χ4n) is 2.00. The van der Waals surface area contributed by atoms with Gasteiger partial charge in [0.2, 0.25) is 0 Å². The predicted octanol–water partition coefficient (Wildman–Crippen LogP) is 2.85. The van der Waals surface area contributed by atoms with Gasteiger partial charge in [0.05, 0.1) is 23.5 Å². The van der Waals surface area contributed by atoms with E-state index in [1.807, 2.05) is 25.1 Å². The van der Waals surface area contributed by atoms with Gasteiger partial charge in [-0.2, -0.15) is 9.78 Å². The Labute approximate surface area is 117 Å². The van der Waals surface area contributed by atoms with E-state index in [-0.39, 0.29) is 5.56 Å². The van der Waals surface area contributed by atoms with Crippen molar-refractivity contribution in [2.75, 3.05) is 0 Å². The summed E-state index contributed by atoms with van der Waals surface area (Å²) in [5.41, 5.74) is 1.56. The van der Waals surface area contributed by atoms with Gasteiger partial charge in [0.1, 0.15) is 4.60 Å². The van der Waals surface area contributed by atoms with E-state index in [2.05, 4.69) is 26.0 Å². The summed E-state index contributed by atoms with van der Waals surface area (Å²) in [6.45, 7) is 1.97.